The van der Waals surface area contributed by atoms with E-state index in [0.717, 1.165) is 27.7 Å². The van der Waals surface area contributed by atoms with Gasteiger partial charge in [-0.05, 0) is 36.8 Å². The summed E-state index contributed by atoms with van der Waals surface area (Å²) < 4.78 is 5.33. The van der Waals surface area contributed by atoms with Crippen molar-refractivity contribution in [2.45, 2.75) is 12.7 Å². The van der Waals surface area contributed by atoms with Crippen LogP contribution in [0.5, 0.6) is 0 Å². The summed E-state index contributed by atoms with van der Waals surface area (Å²) >= 11 is 9.12. The summed E-state index contributed by atoms with van der Waals surface area (Å²) in [5, 5.41) is 6.38. The molecule has 0 spiro atoms. The molecule has 0 saturated heterocycles. The van der Waals surface area contributed by atoms with Crippen molar-refractivity contribution in [3.63, 3.8) is 0 Å². The topological polar surface area (TPSA) is 55.1 Å². The van der Waals surface area contributed by atoms with Gasteiger partial charge in [0.2, 0.25) is 5.91 Å². The minimum Gasteiger partial charge on any atom is -0.462 e. The molecule has 0 saturated carbocycles. The lowest BCUT2D eigenvalue weighted by molar-refractivity contribution is -0.113. The van der Waals surface area contributed by atoms with Crippen molar-refractivity contribution in [2.24, 2.45) is 0 Å². The van der Waals surface area contributed by atoms with Crippen molar-refractivity contribution in [1.82, 2.24) is 4.98 Å². The number of nitrogens with one attached hydrogen (secondary N) is 1. The zero-order valence-corrected chi connectivity index (χ0v) is 15.3. The molecule has 0 aliphatic rings. The second kappa shape index (κ2) is 7.88. The van der Waals surface area contributed by atoms with Crippen molar-refractivity contribution in [1.29, 1.82) is 0 Å². The number of anilines is 1. The number of benzene rings is 1. The van der Waals surface area contributed by atoms with Crippen molar-refractivity contribution in [3.05, 3.63) is 58.3 Å². The summed E-state index contributed by atoms with van der Waals surface area (Å²) in [6.45, 7) is 1.89. The maximum Gasteiger partial charge on any atom is 0.234 e. The Kier molecular flexibility index (Phi) is 5.60. The Morgan fingerprint density at radius 2 is 2.25 bits per heavy atom. The molecule has 2 heterocycles. The first kappa shape index (κ1) is 17.1. The number of carbonyl (C=O) groups is 1. The van der Waals surface area contributed by atoms with Gasteiger partial charge in [0.25, 0.3) is 0 Å². The van der Waals surface area contributed by atoms with E-state index in [1.54, 1.807) is 12.3 Å². The zero-order chi connectivity index (χ0) is 16.9. The van der Waals surface area contributed by atoms with Crippen molar-refractivity contribution in [3.8, 4) is 10.8 Å². The van der Waals surface area contributed by atoms with E-state index in [-0.39, 0.29) is 5.91 Å². The molecular formula is C17H15ClN2O2S2. The number of thioether (sulfide) groups is 1. The van der Waals surface area contributed by atoms with Gasteiger partial charge in [0, 0.05) is 21.8 Å². The van der Waals surface area contributed by atoms with Gasteiger partial charge in [-0.1, -0.05) is 17.7 Å². The molecule has 0 fully saturated rings. The molecule has 124 valence electrons. The van der Waals surface area contributed by atoms with Crippen LogP contribution in [-0.4, -0.2) is 16.6 Å². The average Bonchev–Trinajstić information content (AvgIpc) is 3.23. The molecule has 1 N–H and O–H groups in total. The van der Waals surface area contributed by atoms with E-state index < -0.39 is 0 Å². The van der Waals surface area contributed by atoms with Crippen LogP contribution < -0.4 is 5.32 Å². The standard InChI is InChI=1S/C17H15ClN2O2S2/c1-11-13(18)4-2-5-14(11)20-16(21)10-23-8-12-9-24-17(19-12)15-6-3-7-22-15/h2-7,9H,8,10H2,1H3,(H,20,21). The highest BCUT2D eigenvalue weighted by Gasteiger charge is 2.09. The SMILES string of the molecule is Cc1c(Cl)cccc1NC(=O)CSCc1csc(-c2ccco2)n1. The number of carbonyl (C=O) groups excluding carboxylic acids is 1. The normalized spacial score (nSPS) is 10.8. The van der Waals surface area contributed by atoms with Gasteiger partial charge in [-0.3, -0.25) is 4.79 Å². The molecule has 2 aromatic heterocycles. The lowest BCUT2D eigenvalue weighted by Crippen LogP contribution is -2.15. The molecule has 24 heavy (non-hydrogen) atoms. The zero-order valence-electron chi connectivity index (χ0n) is 12.9. The molecule has 1 amide bonds. The highest BCUT2D eigenvalue weighted by molar-refractivity contribution is 7.99. The van der Waals surface area contributed by atoms with Crippen LogP contribution in [0.3, 0.4) is 0 Å². The minimum absolute atomic E-state index is 0.0492. The Labute approximate surface area is 153 Å². The summed E-state index contributed by atoms with van der Waals surface area (Å²) in [5.41, 5.74) is 2.57. The fraction of sp³-hybridized carbons (Fsp3) is 0.176. The molecule has 3 rings (SSSR count). The Balaban J connectivity index is 1.49. The predicted octanol–water partition coefficient (Wildman–Crippen LogP) is 5.24. The molecule has 3 aromatic rings. The van der Waals surface area contributed by atoms with E-state index >= 15 is 0 Å². The number of hydrogen-bond acceptors (Lipinski definition) is 5. The Morgan fingerprint density at radius 1 is 1.38 bits per heavy atom. The van der Waals surface area contributed by atoms with Gasteiger partial charge >= 0.3 is 0 Å². The van der Waals surface area contributed by atoms with E-state index in [1.165, 1.54) is 23.1 Å². The molecular weight excluding hydrogens is 364 g/mol. The number of thiazole rings is 1. The molecule has 1 aromatic carbocycles. The summed E-state index contributed by atoms with van der Waals surface area (Å²) in [6.07, 6.45) is 1.63. The van der Waals surface area contributed by atoms with Crippen LogP contribution in [0, 0.1) is 6.92 Å². The summed E-state index contributed by atoms with van der Waals surface area (Å²) in [6, 6.07) is 9.20. The fourth-order valence-electron chi connectivity index (χ4n) is 2.06. The predicted molar refractivity (Wildman–Crippen MR) is 101 cm³/mol. The molecule has 0 aliphatic heterocycles. The molecule has 0 bridgehead atoms. The van der Waals surface area contributed by atoms with Crippen LogP contribution in [0.2, 0.25) is 5.02 Å². The van der Waals surface area contributed by atoms with Gasteiger partial charge in [-0.2, -0.15) is 0 Å². The van der Waals surface area contributed by atoms with Gasteiger partial charge in [-0.25, -0.2) is 4.98 Å². The third-order valence-corrected chi connectivity index (χ3v) is 5.59. The first-order valence-corrected chi connectivity index (χ1v) is 9.65. The van der Waals surface area contributed by atoms with Crippen LogP contribution in [-0.2, 0) is 10.5 Å². The Morgan fingerprint density at radius 3 is 3.04 bits per heavy atom. The van der Waals surface area contributed by atoms with E-state index in [4.69, 9.17) is 16.0 Å². The van der Waals surface area contributed by atoms with Crippen LogP contribution in [0.4, 0.5) is 5.69 Å². The second-order valence-corrected chi connectivity index (χ2v) is 7.33. The number of amides is 1. The molecule has 7 heteroatoms. The first-order chi connectivity index (χ1) is 11.6. The number of halogens is 1. The van der Waals surface area contributed by atoms with Gasteiger partial charge < -0.3 is 9.73 Å². The summed E-state index contributed by atoms with van der Waals surface area (Å²) in [5.74, 6) is 1.76. The molecule has 0 atom stereocenters. The van der Waals surface area contributed by atoms with E-state index in [0.29, 0.717) is 16.5 Å². The van der Waals surface area contributed by atoms with Crippen LogP contribution in [0.1, 0.15) is 11.3 Å². The largest absolute Gasteiger partial charge is 0.462 e. The first-order valence-electron chi connectivity index (χ1n) is 7.24. The number of hydrogen-bond donors (Lipinski definition) is 1. The molecule has 0 radical (unpaired) electrons. The number of furan rings is 1. The van der Waals surface area contributed by atoms with Gasteiger partial charge in [0.1, 0.15) is 0 Å². The molecule has 0 unspecified atom stereocenters. The fourth-order valence-corrected chi connectivity index (χ4v) is 3.85. The van der Waals surface area contributed by atoms with E-state index in [2.05, 4.69) is 10.3 Å². The second-order valence-electron chi connectivity index (χ2n) is 5.07. The smallest absolute Gasteiger partial charge is 0.234 e. The lowest BCUT2D eigenvalue weighted by atomic mass is 10.2. The summed E-state index contributed by atoms with van der Waals surface area (Å²) in [4.78, 5) is 16.6. The number of nitrogens with zero attached hydrogens (tertiary/aromatic N) is 1. The van der Waals surface area contributed by atoms with Gasteiger partial charge in [0.15, 0.2) is 10.8 Å². The third-order valence-electron chi connectivity index (χ3n) is 3.31. The van der Waals surface area contributed by atoms with E-state index in [1.807, 2.05) is 36.6 Å². The maximum absolute atomic E-state index is 12.1. The lowest BCUT2D eigenvalue weighted by Gasteiger charge is -2.09. The molecule has 0 aliphatic carbocycles. The van der Waals surface area contributed by atoms with Crippen LogP contribution >= 0.6 is 34.7 Å². The third kappa shape index (κ3) is 4.20. The number of aromatic nitrogens is 1. The van der Waals surface area contributed by atoms with Gasteiger partial charge in [-0.15, -0.1) is 23.1 Å². The van der Waals surface area contributed by atoms with Crippen LogP contribution in [0.25, 0.3) is 10.8 Å². The monoisotopic (exact) mass is 378 g/mol. The summed E-state index contributed by atoms with van der Waals surface area (Å²) in [7, 11) is 0. The highest BCUT2D eigenvalue weighted by atomic mass is 35.5. The quantitative estimate of drug-likeness (QED) is 0.637. The maximum atomic E-state index is 12.1. The van der Waals surface area contributed by atoms with Crippen molar-refractivity contribution < 1.29 is 9.21 Å². The van der Waals surface area contributed by atoms with Crippen molar-refractivity contribution >= 4 is 46.3 Å². The van der Waals surface area contributed by atoms with Gasteiger partial charge in [0.05, 0.1) is 17.7 Å². The Bertz CT molecular complexity index is 831. The highest BCUT2D eigenvalue weighted by Crippen LogP contribution is 2.26. The number of rotatable bonds is 6. The van der Waals surface area contributed by atoms with Crippen molar-refractivity contribution in [2.75, 3.05) is 11.1 Å². The Hall–Kier alpha value is -1.76. The minimum atomic E-state index is -0.0492. The van der Waals surface area contributed by atoms with Crippen LogP contribution in [0.15, 0.2) is 46.4 Å². The average molecular weight is 379 g/mol. The molecule has 4 nitrogen and oxygen atoms in total. The van der Waals surface area contributed by atoms with E-state index in [9.17, 15) is 4.79 Å².